The lowest BCUT2D eigenvalue weighted by Crippen LogP contribution is -2.56. The number of amides is 1. The number of ketones is 1. The van der Waals surface area contributed by atoms with Crippen molar-refractivity contribution in [1.29, 1.82) is 0 Å². The van der Waals surface area contributed by atoms with Crippen molar-refractivity contribution in [3.05, 3.63) is 98.5 Å². The molecule has 0 aliphatic carbocycles. The van der Waals surface area contributed by atoms with E-state index < -0.39 is 5.54 Å². The standard InChI is InChI=1S/C28H27Cl3N2O2/c1-18(2)28(13-6-14-33(28)17-19-9-11-23(30)24(31)15-19)27(35)32-25-12-10-21(29)16-22(25)26(34)20-7-4-3-5-8-20/h3-5,7-12,15-16,18H,6,13-14,17H2,1-2H3,(H,32,35)/t28-/m0/s1. The molecule has 7 heteroatoms. The Labute approximate surface area is 221 Å². The number of halogens is 3. The van der Waals surface area contributed by atoms with Crippen LogP contribution < -0.4 is 5.32 Å². The molecule has 0 bridgehead atoms. The minimum atomic E-state index is -0.737. The first kappa shape index (κ1) is 25.7. The van der Waals surface area contributed by atoms with E-state index in [1.165, 1.54) is 0 Å². The zero-order valence-corrected chi connectivity index (χ0v) is 21.9. The molecule has 1 atom stereocenters. The van der Waals surface area contributed by atoms with E-state index in [0.29, 0.717) is 44.8 Å². The third-order valence-corrected chi connectivity index (χ3v) is 7.74. The fourth-order valence-corrected chi connectivity index (χ4v) is 5.43. The van der Waals surface area contributed by atoms with Crippen molar-refractivity contribution in [3.63, 3.8) is 0 Å². The van der Waals surface area contributed by atoms with Crippen molar-refractivity contribution in [3.8, 4) is 0 Å². The molecule has 1 amide bonds. The Kier molecular flexibility index (Phi) is 7.87. The van der Waals surface area contributed by atoms with Gasteiger partial charge in [0.1, 0.15) is 5.54 Å². The van der Waals surface area contributed by atoms with Gasteiger partial charge in [-0.25, -0.2) is 0 Å². The van der Waals surface area contributed by atoms with Gasteiger partial charge < -0.3 is 5.32 Å². The van der Waals surface area contributed by atoms with Gasteiger partial charge in [-0.05, 0) is 61.2 Å². The highest BCUT2D eigenvalue weighted by molar-refractivity contribution is 6.42. The molecule has 1 fully saturated rings. The summed E-state index contributed by atoms with van der Waals surface area (Å²) in [6, 6.07) is 19.5. The smallest absolute Gasteiger partial charge is 0.245 e. The summed E-state index contributed by atoms with van der Waals surface area (Å²) < 4.78 is 0. The Hall–Kier alpha value is -2.37. The molecule has 4 nitrogen and oxygen atoms in total. The summed E-state index contributed by atoms with van der Waals surface area (Å²) in [5.74, 6) is -0.288. The predicted molar refractivity (Wildman–Crippen MR) is 144 cm³/mol. The van der Waals surface area contributed by atoms with Gasteiger partial charge in [-0.3, -0.25) is 14.5 Å². The molecule has 0 unspecified atom stereocenters. The molecule has 0 spiro atoms. The topological polar surface area (TPSA) is 49.4 Å². The summed E-state index contributed by atoms with van der Waals surface area (Å²) in [4.78, 5) is 29.4. The molecule has 0 aromatic heterocycles. The van der Waals surface area contributed by atoms with Crippen LogP contribution in [0.15, 0.2) is 66.7 Å². The highest BCUT2D eigenvalue weighted by atomic mass is 35.5. The van der Waals surface area contributed by atoms with Crippen molar-refractivity contribution in [2.75, 3.05) is 11.9 Å². The van der Waals surface area contributed by atoms with Crippen LogP contribution >= 0.6 is 34.8 Å². The molecular weight excluding hydrogens is 503 g/mol. The Morgan fingerprint density at radius 3 is 2.40 bits per heavy atom. The van der Waals surface area contributed by atoms with Crippen LogP contribution in [-0.2, 0) is 11.3 Å². The molecule has 1 aliphatic heterocycles. The maximum atomic E-state index is 14.0. The molecular formula is C28H27Cl3N2O2. The third kappa shape index (κ3) is 5.26. The van der Waals surface area contributed by atoms with Crippen molar-refractivity contribution >= 4 is 52.2 Å². The SMILES string of the molecule is CC(C)[C@]1(C(=O)Nc2ccc(Cl)cc2C(=O)c2ccccc2)CCCN1Cc1ccc(Cl)c(Cl)c1. The van der Waals surface area contributed by atoms with E-state index in [2.05, 4.69) is 24.1 Å². The molecule has 3 aromatic carbocycles. The van der Waals surface area contributed by atoms with Crippen molar-refractivity contribution in [2.24, 2.45) is 5.92 Å². The molecule has 4 rings (SSSR count). The third-order valence-electron chi connectivity index (χ3n) is 6.77. The highest BCUT2D eigenvalue weighted by Gasteiger charge is 2.49. The average molecular weight is 530 g/mol. The van der Waals surface area contributed by atoms with Crippen LogP contribution in [0, 0.1) is 5.92 Å². The van der Waals surface area contributed by atoms with Gasteiger partial charge in [-0.2, -0.15) is 0 Å². The summed E-state index contributed by atoms with van der Waals surface area (Å²) in [5.41, 5.74) is 1.61. The zero-order valence-electron chi connectivity index (χ0n) is 19.7. The van der Waals surface area contributed by atoms with E-state index in [-0.39, 0.29) is 17.6 Å². The summed E-state index contributed by atoms with van der Waals surface area (Å²) in [5, 5.41) is 4.51. The summed E-state index contributed by atoms with van der Waals surface area (Å²) in [6.45, 7) is 5.47. The van der Waals surface area contributed by atoms with E-state index in [4.69, 9.17) is 34.8 Å². The first-order valence-electron chi connectivity index (χ1n) is 11.6. The van der Waals surface area contributed by atoms with E-state index in [0.717, 1.165) is 18.5 Å². The normalized spacial score (nSPS) is 18.1. The van der Waals surface area contributed by atoms with E-state index in [1.54, 1.807) is 36.4 Å². The number of benzene rings is 3. The molecule has 1 saturated heterocycles. The molecule has 1 N–H and O–H groups in total. The molecule has 182 valence electrons. The lowest BCUT2D eigenvalue weighted by Gasteiger charge is -2.40. The van der Waals surface area contributed by atoms with Crippen molar-refractivity contribution < 1.29 is 9.59 Å². The van der Waals surface area contributed by atoms with Gasteiger partial charge in [0.25, 0.3) is 0 Å². The highest BCUT2D eigenvalue weighted by Crippen LogP contribution is 2.39. The van der Waals surface area contributed by atoms with Crippen LogP contribution in [0.4, 0.5) is 5.69 Å². The summed E-state index contributed by atoms with van der Waals surface area (Å²) in [6.07, 6.45) is 1.61. The number of carbonyl (C=O) groups excluding carboxylic acids is 2. The number of rotatable bonds is 7. The first-order valence-corrected chi connectivity index (χ1v) is 12.8. The Balaban J connectivity index is 1.65. The summed E-state index contributed by atoms with van der Waals surface area (Å²) in [7, 11) is 0. The number of hydrogen-bond acceptors (Lipinski definition) is 3. The Morgan fingerprint density at radius 1 is 0.971 bits per heavy atom. The van der Waals surface area contributed by atoms with Gasteiger partial charge >= 0.3 is 0 Å². The minimum Gasteiger partial charge on any atom is -0.324 e. The largest absolute Gasteiger partial charge is 0.324 e. The second-order valence-corrected chi connectivity index (χ2v) is 10.4. The maximum Gasteiger partial charge on any atom is 0.245 e. The second kappa shape index (κ2) is 10.7. The second-order valence-electron chi connectivity index (χ2n) is 9.19. The number of nitrogens with one attached hydrogen (secondary N) is 1. The number of anilines is 1. The van der Waals surface area contributed by atoms with Gasteiger partial charge in [0, 0.05) is 22.7 Å². The maximum absolute atomic E-state index is 14.0. The zero-order chi connectivity index (χ0) is 25.2. The molecule has 3 aromatic rings. The van der Waals surface area contributed by atoms with Crippen LogP contribution in [-0.4, -0.2) is 28.7 Å². The van der Waals surface area contributed by atoms with Gasteiger partial charge in [-0.15, -0.1) is 0 Å². The Bertz CT molecular complexity index is 1250. The number of likely N-dealkylation sites (tertiary alicyclic amines) is 1. The molecule has 1 aliphatic rings. The Morgan fingerprint density at radius 2 is 1.71 bits per heavy atom. The van der Waals surface area contributed by atoms with Crippen LogP contribution in [0.25, 0.3) is 0 Å². The number of nitrogens with zero attached hydrogens (tertiary/aromatic N) is 1. The molecule has 0 radical (unpaired) electrons. The van der Waals surface area contributed by atoms with E-state index >= 15 is 0 Å². The van der Waals surface area contributed by atoms with Crippen molar-refractivity contribution in [1.82, 2.24) is 4.90 Å². The lowest BCUT2D eigenvalue weighted by atomic mass is 9.82. The van der Waals surface area contributed by atoms with Crippen LogP contribution in [0.1, 0.15) is 48.2 Å². The van der Waals surface area contributed by atoms with Crippen LogP contribution in [0.5, 0.6) is 0 Å². The molecule has 35 heavy (non-hydrogen) atoms. The van der Waals surface area contributed by atoms with Crippen LogP contribution in [0.2, 0.25) is 15.1 Å². The lowest BCUT2D eigenvalue weighted by molar-refractivity contribution is -0.129. The molecule has 0 saturated carbocycles. The van der Waals surface area contributed by atoms with Crippen molar-refractivity contribution in [2.45, 2.75) is 38.8 Å². The predicted octanol–water partition coefficient (Wildman–Crippen LogP) is 7.51. The fourth-order valence-electron chi connectivity index (χ4n) is 4.94. The van der Waals surface area contributed by atoms with E-state index in [9.17, 15) is 9.59 Å². The average Bonchev–Trinajstić information content (AvgIpc) is 3.27. The van der Waals surface area contributed by atoms with Crippen LogP contribution in [0.3, 0.4) is 0 Å². The van der Waals surface area contributed by atoms with Gasteiger partial charge in [0.15, 0.2) is 5.78 Å². The monoisotopic (exact) mass is 528 g/mol. The van der Waals surface area contributed by atoms with Gasteiger partial charge in [-0.1, -0.05) is 85.0 Å². The summed E-state index contributed by atoms with van der Waals surface area (Å²) >= 11 is 18.6. The minimum absolute atomic E-state index is 0.0355. The number of carbonyl (C=O) groups is 2. The van der Waals surface area contributed by atoms with Gasteiger partial charge in [0.2, 0.25) is 5.91 Å². The molecule has 1 heterocycles. The first-order chi connectivity index (χ1) is 16.7. The number of hydrogen-bond donors (Lipinski definition) is 1. The quantitative estimate of drug-likeness (QED) is 0.322. The van der Waals surface area contributed by atoms with Gasteiger partial charge in [0.05, 0.1) is 15.7 Å². The van der Waals surface area contributed by atoms with E-state index in [1.807, 2.05) is 30.3 Å². The fraction of sp³-hybridized carbons (Fsp3) is 0.286.